The molecule has 0 radical (unpaired) electrons. The minimum atomic E-state index is -0.458. The van der Waals surface area contributed by atoms with E-state index >= 15 is 0 Å². The van der Waals surface area contributed by atoms with Crippen LogP contribution in [0, 0.1) is 16.7 Å². The van der Waals surface area contributed by atoms with Crippen LogP contribution in [-0.2, 0) is 0 Å². The van der Waals surface area contributed by atoms with Crippen LogP contribution in [0.5, 0.6) is 11.5 Å². The van der Waals surface area contributed by atoms with Gasteiger partial charge in [-0.2, -0.15) is 5.26 Å². The molecule has 1 atom stereocenters. The van der Waals surface area contributed by atoms with E-state index in [4.69, 9.17) is 43.8 Å². The number of hydrogen-bond donors (Lipinski definition) is 3. The Kier molecular flexibility index (Phi) is 7.76. The van der Waals surface area contributed by atoms with Crippen molar-refractivity contribution in [2.75, 3.05) is 18.8 Å². The largest absolute Gasteiger partial charge is 0.489 e. The minimum absolute atomic E-state index is 0.0718. The van der Waals surface area contributed by atoms with Crippen LogP contribution in [0.2, 0.25) is 10.0 Å². The van der Waals surface area contributed by atoms with Gasteiger partial charge in [0.25, 0.3) is 0 Å². The highest BCUT2D eigenvalue weighted by atomic mass is 35.5. The van der Waals surface area contributed by atoms with Crippen molar-refractivity contribution >= 4 is 34.6 Å². The predicted molar refractivity (Wildman–Crippen MR) is 138 cm³/mol. The molecule has 0 bridgehead atoms. The number of piperidine rings is 1. The summed E-state index contributed by atoms with van der Waals surface area (Å²) in [5.41, 5.74) is 8.83. The molecule has 9 heteroatoms. The van der Waals surface area contributed by atoms with E-state index in [1.54, 1.807) is 36.4 Å². The van der Waals surface area contributed by atoms with E-state index in [-0.39, 0.29) is 11.8 Å². The van der Waals surface area contributed by atoms with E-state index in [1.807, 2.05) is 6.92 Å². The maximum atomic E-state index is 9.69. The number of ether oxygens (including phenoxy) is 2. The Balaban J connectivity index is 1.56. The van der Waals surface area contributed by atoms with Gasteiger partial charge < -0.3 is 20.5 Å². The summed E-state index contributed by atoms with van der Waals surface area (Å²) < 4.78 is 12.1. The van der Waals surface area contributed by atoms with Crippen molar-refractivity contribution in [3.05, 3.63) is 81.1 Å². The summed E-state index contributed by atoms with van der Waals surface area (Å²) in [4.78, 5) is 3.97. The first kappa shape index (κ1) is 24.8. The second-order valence-electron chi connectivity index (χ2n) is 8.29. The number of aromatic nitrogens is 1. The summed E-state index contributed by atoms with van der Waals surface area (Å²) in [5, 5.41) is 22.6. The van der Waals surface area contributed by atoms with Crippen molar-refractivity contribution in [2.45, 2.75) is 32.0 Å². The monoisotopic (exact) mass is 509 g/mol. The first-order valence-corrected chi connectivity index (χ1v) is 12.0. The lowest BCUT2D eigenvalue weighted by Crippen LogP contribution is -2.34. The van der Waals surface area contributed by atoms with Gasteiger partial charge in [-0.3, -0.25) is 10.4 Å². The number of nitrogens with two attached hydrogens (primary N) is 1. The molecular formula is C26H25Cl2N5O2. The molecule has 4 N–H and O–H groups in total. The summed E-state index contributed by atoms with van der Waals surface area (Å²) in [5.74, 6) is 1.03. The fourth-order valence-electron chi connectivity index (χ4n) is 4.02. The standard InChI is InChI=1S/C26H25Cl2N5O2/c1-15(25-21(27)13-33-14-22(25)28)34-19-3-4-23(30)20(11-19)26(31)16-2-5-24(17(10-16)12-29)35-18-6-8-32-9-7-18/h2-5,10-11,13-15,18,31-32H,6-9,30H2,1H3/t15-/m1/s1. The van der Waals surface area contributed by atoms with Crippen molar-refractivity contribution in [1.29, 1.82) is 10.7 Å². The highest BCUT2D eigenvalue weighted by molar-refractivity contribution is 6.35. The molecule has 2 heterocycles. The molecule has 35 heavy (non-hydrogen) atoms. The van der Waals surface area contributed by atoms with Crippen LogP contribution >= 0.6 is 23.2 Å². The Morgan fingerprint density at radius 3 is 2.57 bits per heavy atom. The number of nitrogens with zero attached hydrogens (tertiary/aromatic N) is 2. The minimum Gasteiger partial charge on any atom is -0.489 e. The second-order valence-corrected chi connectivity index (χ2v) is 9.11. The van der Waals surface area contributed by atoms with Crippen LogP contribution in [-0.4, -0.2) is 29.9 Å². The molecule has 0 saturated carbocycles. The molecule has 7 nitrogen and oxygen atoms in total. The molecule has 0 aliphatic carbocycles. The number of hydrogen-bond acceptors (Lipinski definition) is 7. The molecule has 0 amide bonds. The van der Waals surface area contributed by atoms with E-state index in [9.17, 15) is 5.26 Å². The van der Waals surface area contributed by atoms with Gasteiger partial charge >= 0.3 is 0 Å². The van der Waals surface area contributed by atoms with Gasteiger partial charge in [-0.1, -0.05) is 23.2 Å². The van der Waals surface area contributed by atoms with Crippen molar-refractivity contribution < 1.29 is 9.47 Å². The number of pyridine rings is 1. The van der Waals surface area contributed by atoms with E-state index < -0.39 is 6.10 Å². The van der Waals surface area contributed by atoms with Crippen LogP contribution in [0.1, 0.15) is 48.1 Å². The van der Waals surface area contributed by atoms with Gasteiger partial charge in [0.2, 0.25) is 0 Å². The maximum Gasteiger partial charge on any atom is 0.137 e. The van der Waals surface area contributed by atoms with Gasteiger partial charge in [-0.15, -0.1) is 0 Å². The molecule has 3 aromatic rings. The number of benzene rings is 2. The average molecular weight is 510 g/mol. The summed E-state index contributed by atoms with van der Waals surface area (Å²) in [6.45, 7) is 3.62. The second kappa shape index (κ2) is 11.0. The zero-order valence-electron chi connectivity index (χ0n) is 19.1. The predicted octanol–water partition coefficient (Wildman–Crippen LogP) is 5.53. The maximum absolute atomic E-state index is 9.69. The smallest absolute Gasteiger partial charge is 0.137 e. The van der Waals surface area contributed by atoms with E-state index in [0.717, 1.165) is 25.9 Å². The van der Waals surface area contributed by atoms with Gasteiger partial charge in [0.15, 0.2) is 0 Å². The molecule has 1 aliphatic heterocycles. The van der Waals surface area contributed by atoms with Crippen LogP contribution in [0.4, 0.5) is 5.69 Å². The van der Waals surface area contributed by atoms with Crippen molar-refractivity contribution in [3.63, 3.8) is 0 Å². The SMILES string of the molecule is C[C@@H](Oc1ccc(N)c(C(=N)c2ccc(OC3CCNCC3)c(C#N)c2)c1)c1c(Cl)cncc1Cl. The summed E-state index contributed by atoms with van der Waals surface area (Å²) in [6, 6.07) is 12.5. The summed E-state index contributed by atoms with van der Waals surface area (Å²) in [7, 11) is 0. The van der Waals surface area contributed by atoms with Gasteiger partial charge in [-0.05, 0) is 69.3 Å². The number of nitriles is 1. The molecule has 1 saturated heterocycles. The van der Waals surface area contributed by atoms with E-state index in [2.05, 4.69) is 16.4 Å². The zero-order chi connectivity index (χ0) is 24.9. The van der Waals surface area contributed by atoms with Crippen molar-refractivity contribution in [2.24, 2.45) is 0 Å². The third kappa shape index (κ3) is 5.68. The lowest BCUT2D eigenvalue weighted by molar-refractivity contribution is 0.162. The van der Waals surface area contributed by atoms with Gasteiger partial charge in [0.05, 0.1) is 21.3 Å². The molecule has 2 aromatic carbocycles. The first-order chi connectivity index (χ1) is 16.9. The highest BCUT2D eigenvalue weighted by Crippen LogP contribution is 2.33. The third-order valence-electron chi connectivity index (χ3n) is 5.87. The molecule has 1 fully saturated rings. The van der Waals surface area contributed by atoms with Crippen LogP contribution in [0.3, 0.4) is 0 Å². The van der Waals surface area contributed by atoms with Crippen LogP contribution in [0.15, 0.2) is 48.8 Å². The Labute approximate surface area is 214 Å². The fourth-order valence-corrected chi connectivity index (χ4v) is 4.69. The van der Waals surface area contributed by atoms with Crippen LogP contribution in [0.25, 0.3) is 0 Å². The molecule has 1 aromatic heterocycles. The Hall–Kier alpha value is -3.31. The molecule has 4 rings (SSSR count). The number of rotatable bonds is 7. The van der Waals surface area contributed by atoms with Gasteiger partial charge in [-0.25, -0.2) is 0 Å². The number of nitrogen functional groups attached to an aromatic ring is 1. The number of halogens is 2. The van der Waals surface area contributed by atoms with E-state index in [0.29, 0.717) is 49.5 Å². The number of anilines is 1. The van der Waals surface area contributed by atoms with Crippen molar-refractivity contribution in [3.8, 4) is 17.6 Å². The lowest BCUT2D eigenvalue weighted by atomic mass is 9.98. The molecule has 0 unspecified atom stereocenters. The molecule has 180 valence electrons. The normalized spacial score (nSPS) is 14.7. The average Bonchev–Trinajstić information content (AvgIpc) is 2.85. The zero-order valence-corrected chi connectivity index (χ0v) is 20.7. The highest BCUT2D eigenvalue weighted by Gasteiger charge is 2.19. The fraction of sp³-hybridized carbons (Fsp3) is 0.269. The topological polar surface area (TPSA) is 117 Å². The molecule has 1 aliphatic rings. The Morgan fingerprint density at radius 1 is 1.17 bits per heavy atom. The van der Waals surface area contributed by atoms with Gasteiger partial charge in [0.1, 0.15) is 29.8 Å². The Morgan fingerprint density at radius 2 is 1.89 bits per heavy atom. The summed E-state index contributed by atoms with van der Waals surface area (Å²) in [6.07, 6.45) is 4.42. The summed E-state index contributed by atoms with van der Waals surface area (Å²) >= 11 is 12.5. The van der Waals surface area contributed by atoms with Crippen LogP contribution < -0.4 is 20.5 Å². The quantitative estimate of drug-likeness (QED) is 0.284. The van der Waals surface area contributed by atoms with E-state index in [1.165, 1.54) is 12.4 Å². The lowest BCUT2D eigenvalue weighted by Gasteiger charge is -2.24. The molecule has 0 spiro atoms. The first-order valence-electron chi connectivity index (χ1n) is 11.2. The van der Waals surface area contributed by atoms with Crippen molar-refractivity contribution in [1.82, 2.24) is 10.3 Å². The third-order valence-corrected chi connectivity index (χ3v) is 6.47. The van der Waals surface area contributed by atoms with Gasteiger partial charge in [0, 0.05) is 34.8 Å². The number of nitrogens with one attached hydrogen (secondary N) is 2. The Bertz CT molecular complexity index is 1260. The molecular weight excluding hydrogens is 485 g/mol.